The maximum absolute atomic E-state index is 12.4. The van der Waals surface area contributed by atoms with Crippen molar-refractivity contribution in [3.8, 4) is 0 Å². The zero-order chi connectivity index (χ0) is 15.5. The molecular formula is C14H17N5O3. The minimum absolute atomic E-state index is 0.0261. The summed E-state index contributed by atoms with van der Waals surface area (Å²) in [6, 6.07) is 1.92. The highest BCUT2D eigenvalue weighted by molar-refractivity contribution is 5.93. The van der Waals surface area contributed by atoms with E-state index in [1.54, 1.807) is 11.1 Å². The smallest absolute Gasteiger partial charge is 0.325 e. The van der Waals surface area contributed by atoms with E-state index in [9.17, 15) is 14.4 Å². The number of nitrogens with one attached hydrogen (secondary N) is 3. The molecule has 0 saturated carbocycles. The summed E-state index contributed by atoms with van der Waals surface area (Å²) in [5.74, 6) is -0.00759. The molecule has 1 unspecified atom stereocenters. The number of carbonyl (C=O) groups is 1. The first-order chi connectivity index (χ1) is 10.6. The number of nitrogens with zero attached hydrogens (tertiary/aromatic N) is 2. The van der Waals surface area contributed by atoms with Gasteiger partial charge < -0.3 is 9.88 Å². The Hall–Kier alpha value is -2.64. The molecule has 3 rings (SSSR count). The van der Waals surface area contributed by atoms with Gasteiger partial charge in [-0.25, -0.2) is 4.79 Å². The highest BCUT2D eigenvalue weighted by Crippen LogP contribution is 2.20. The lowest BCUT2D eigenvalue weighted by molar-refractivity contribution is 0.0670. The third-order valence-electron chi connectivity index (χ3n) is 3.92. The van der Waals surface area contributed by atoms with Gasteiger partial charge in [0.15, 0.2) is 0 Å². The summed E-state index contributed by atoms with van der Waals surface area (Å²) in [7, 11) is 0. The second kappa shape index (κ2) is 6.00. The largest absolute Gasteiger partial charge is 0.338 e. The van der Waals surface area contributed by atoms with E-state index < -0.39 is 11.2 Å². The van der Waals surface area contributed by atoms with Crippen LogP contribution in [0, 0.1) is 5.92 Å². The van der Waals surface area contributed by atoms with Crippen molar-refractivity contribution >= 4 is 5.91 Å². The van der Waals surface area contributed by atoms with E-state index in [0.29, 0.717) is 19.0 Å². The molecule has 1 amide bonds. The van der Waals surface area contributed by atoms with Gasteiger partial charge in [-0.1, -0.05) is 0 Å². The number of likely N-dealkylation sites (tertiary alicyclic amines) is 1. The monoisotopic (exact) mass is 303 g/mol. The first-order valence-corrected chi connectivity index (χ1v) is 7.23. The Labute approximate surface area is 125 Å². The third kappa shape index (κ3) is 3.00. The van der Waals surface area contributed by atoms with E-state index in [1.165, 1.54) is 6.20 Å². The maximum Gasteiger partial charge on any atom is 0.325 e. The van der Waals surface area contributed by atoms with Gasteiger partial charge in [0.1, 0.15) is 5.56 Å². The fraction of sp³-hybridized carbons (Fsp3) is 0.429. The highest BCUT2D eigenvalue weighted by Gasteiger charge is 2.26. The van der Waals surface area contributed by atoms with Crippen molar-refractivity contribution in [3.63, 3.8) is 0 Å². The maximum atomic E-state index is 12.4. The number of amides is 1. The fourth-order valence-corrected chi connectivity index (χ4v) is 2.86. The molecule has 2 aromatic rings. The van der Waals surface area contributed by atoms with Gasteiger partial charge in [0.05, 0.1) is 0 Å². The molecule has 0 aliphatic carbocycles. The van der Waals surface area contributed by atoms with Crippen molar-refractivity contribution in [2.45, 2.75) is 19.3 Å². The summed E-state index contributed by atoms with van der Waals surface area (Å²) in [6.45, 7) is 1.22. The second-order valence-corrected chi connectivity index (χ2v) is 5.53. The standard InChI is InChI=1S/C14H17N5O3/c20-12-11(7-15-14(22)17-12)13(21)19-5-1-2-9(8-19)6-10-3-4-16-18-10/h3-4,7,9H,1-2,5-6,8H2,(H,16,18)(H2,15,17,20,22). The van der Waals surface area contributed by atoms with E-state index >= 15 is 0 Å². The topological polar surface area (TPSA) is 115 Å². The lowest BCUT2D eigenvalue weighted by Crippen LogP contribution is -2.43. The van der Waals surface area contributed by atoms with Gasteiger partial charge in [-0.3, -0.25) is 19.7 Å². The van der Waals surface area contributed by atoms with Crippen LogP contribution >= 0.6 is 0 Å². The SMILES string of the molecule is O=C(c1c[nH]c(=O)[nH]c1=O)N1CCCC(Cc2ccn[nH]2)C1. The summed E-state index contributed by atoms with van der Waals surface area (Å²) < 4.78 is 0. The average molecular weight is 303 g/mol. The molecule has 116 valence electrons. The molecule has 3 heterocycles. The predicted molar refractivity (Wildman–Crippen MR) is 78.6 cm³/mol. The Morgan fingerprint density at radius 1 is 1.41 bits per heavy atom. The normalized spacial score (nSPS) is 18.4. The first kappa shape index (κ1) is 14.3. The number of hydrogen-bond acceptors (Lipinski definition) is 4. The zero-order valence-electron chi connectivity index (χ0n) is 12.0. The molecule has 8 nitrogen and oxygen atoms in total. The summed E-state index contributed by atoms with van der Waals surface area (Å²) in [5.41, 5.74) is -0.246. The highest BCUT2D eigenvalue weighted by atomic mass is 16.2. The molecule has 0 spiro atoms. The van der Waals surface area contributed by atoms with E-state index in [1.807, 2.05) is 6.07 Å². The molecule has 0 bridgehead atoms. The number of carbonyl (C=O) groups excluding carboxylic acids is 1. The number of piperidine rings is 1. The Morgan fingerprint density at radius 3 is 3.00 bits per heavy atom. The van der Waals surface area contributed by atoms with Crippen LogP contribution in [0.1, 0.15) is 28.9 Å². The summed E-state index contributed by atoms with van der Waals surface area (Å²) in [4.78, 5) is 41.3. The molecule has 2 aromatic heterocycles. The molecule has 1 saturated heterocycles. The van der Waals surface area contributed by atoms with Gasteiger partial charge in [-0.2, -0.15) is 5.10 Å². The molecule has 0 aromatic carbocycles. The molecule has 22 heavy (non-hydrogen) atoms. The zero-order valence-corrected chi connectivity index (χ0v) is 12.0. The minimum atomic E-state index is -0.649. The first-order valence-electron chi connectivity index (χ1n) is 7.23. The molecule has 1 fully saturated rings. The van der Waals surface area contributed by atoms with E-state index in [-0.39, 0.29) is 11.5 Å². The Bertz CT molecular complexity index is 761. The second-order valence-electron chi connectivity index (χ2n) is 5.53. The quantitative estimate of drug-likeness (QED) is 0.733. The number of rotatable bonds is 3. The van der Waals surface area contributed by atoms with Gasteiger partial charge in [0.2, 0.25) is 0 Å². The number of H-pyrrole nitrogens is 3. The molecule has 1 atom stereocenters. The summed E-state index contributed by atoms with van der Waals surface area (Å²) in [6.07, 6.45) is 5.64. The van der Waals surface area contributed by atoms with Crippen LogP contribution in [-0.4, -0.2) is 44.1 Å². The van der Waals surface area contributed by atoms with Crippen LogP contribution in [0.2, 0.25) is 0 Å². The van der Waals surface area contributed by atoms with Gasteiger partial charge in [0, 0.05) is 31.2 Å². The Kier molecular flexibility index (Phi) is 3.90. The van der Waals surface area contributed by atoms with Crippen LogP contribution < -0.4 is 11.2 Å². The van der Waals surface area contributed by atoms with Crippen LogP contribution in [0.25, 0.3) is 0 Å². The Morgan fingerprint density at radius 2 is 2.27 bits per heavy atom. The van der Waals surface area contributed by atoms with Gasteiger partial charge in [0.25, 0.3) is 11.5 Å². The molecule has 1 aliphatic heterocycles. The van der Waals surface area contributed by atoms with Crippen molar-refractivity contribution in [1.82, 2.24) is 25.1 Å². The molecule has 3 N–H and O–H groups in total. The van der Waals surface area contributed by atoms with Crippen molar-refractivity contribution in [2.24, 2.45) is 5.92 Å². The average Bonchev–Trinajstić information content (AvgIpc) is 3.00. The van der Waals surface area contributed by atoms with Crippen LogP contribution in [-0.2, 0) is 6.42 Å². The van der Waals surface area contributed by atoms with Crippen molar-refractivity contribution < 1.29 is 4.79 Å². The van der Waals surface area contributed by atoms with E-state index in [4.69, 9.17) is 0 Å². The van der Waals surface area contributed by atoms with Gasteiger partial charge in [-0.05, 0) is 31.2 Å². The Balaban J connectivity index is 1.72. The molecule has 1 aliphatic rings. The van der Waals surface area contributed by atoms with Crippen LogP contribution in [0.3, 0.4) is 0 Å². The fourth-order valence-electron chi connectivity index (χ4n) is 2.86. The summed E-state index contributed by atoms with van der Waals surface area (Å²) >= 11 is 0. The molecule has 0 radical (unpaired) electrons. The van der Waals surface area contributed by atoms with E-state index in [0.717, 1.165) is 25.0 Å². The molecular weight excluding hydrogens is 286 g/mol. The van der Waals surface area contributed by atoms with Crippen LogP contribution in [0.15, 0.2) is 28.0 Å². The van der Waals surface area contributed by atoms with Crippen molar-refractivity contribution in [2.75, 3.05) is 13.1 Å². The summed E-state index contributed by atoms with van der Waals surface area (Å²) in [5, 5.41) is 6.85. The third-order valence-corrected chi connectivity index (χ3v) is 3.92. The number of aromatic nitrogens is 4. The molecule has 8 heteroatoms. The predicted octanol–water partition coefficient (Wildman–Crippen LogP) is -0.119. The minimum Gasteiger partial charge on any atom is -0.338 e. The lowest BCUT2D eigenvalue weighted by atomic mass is 9.93. The number of aromatic amines is 3. The van der Waals surface area contributed by atoms with E-state index in [2.05, 4.69) is 20.2 Å². The van der Waals surface area contributed by atoms with Gasteiger partial charge >= 0.3 is 5.69 Å². The number of hydrogen-bond donors (Lipinski definition) is 3. The van der Waals surface area contributed by atoms with Crippen molar-refractivity contribution in [3.05, 3.63) is 50.6 Å². The van der Waals surface area contributed by atoms with Crippen LogP contribution in [0.4, 0.5) is 0 Å². The van der Waals surface area contributed by atoms with Crippen LogP contribution in [0.5, 0.6) is 0 Å². The van der Waals surface area contributed by atoms with Gasteiger partial charge in [-0.15, -0.1) is 0 Å². The van der Waals surface area contributed by atoms with Crippen molar-refractivity contribution in [1.29, 1.82) is 0 Å². The lowest BCUT2D eigenvalue weighted by Gasteiger charge is -2.32.